The Morgan fingerprint density at radius 3 is 2.47 bits per heavy atom. The lowest BCUT2D eigenvalue weighted by Crippen LogP contribution is -2.41. The summed E-state index contributed by atoms with van der Waals surface area (Å²) in [5, 5.41) is 8.91. The zero-order valence-electron chi connectivity index (χ0n) is 10.9. The third-order valence-electron chi connectivity index (χ3n) is 4.11. The van der Waals surface area contributed by atoms with Gasteiger partial charge in [-0.15, -0.1) is 0 Å². The molecular formula is C13H23NO3. The summed E-state index contributed by atoms with van der Waals surface area (Å²) in [6, 6.07) is 0. The molecule has 1 amide bonds. The normalized spacial score (nSPS) is 33.6. The number of rotatable bonds is 4. The van der Waals surface area contributed by atoms with E-state index in [2.05, 4.69) is 13.8 Å². The number of nitrogens with two attached hydrogens (primary N) is 1. The minimum Gasteiger partial charge on any atom is -0.481 e. The smallest absolute Gasteiger partial charge is 0.303 e. The van der Waals surface area contributed by atoms with E-state index in [0.29, 0.717) is 18.3 Å². The van der Waals surface area contributed by atoms with Crippen molar-refractivity contribution in [2.24, 2.45) is 28.9 Å². The Labute approximate surface area is 103 Å². The number of carbonyl (C=O) groups is 2. The van der Waals surface area contributed by atoms with Crippen LogP contribution in [-0.4, -0.2) is 17.0 Å². The highest BCUT2D eigenvalue weighted by Gasteiger charge is 2.42. The molecule has 4 nitrogen and oxygen atoms in total. The van der Waals surface area contributed by atoms with Crippen LogP contribution in [-0.2, 0) is 9.59 Å². The lowest BCUT2D eigenvalue weighted by atomic mass is 9.62. The van der Waals surface area contributed by atoms with Crippen LogP contribution in [0.2, 0.25) is 0 Å². The second kappa shape index (κ2) is 5.07. The fourth-order valence-corrected chi connectivity index (χ4v) is 3.14. The summed E-state index contributed by atoms with van der Waals surface area (Å²) < 4.78 is 0. The van der Waals surface area contributed by atoms with Gasteiger partial charge in [-0.1, -0.05) is 20.8 Å². The standard InChI is InChI=1S/C13H23NO3/c1-8(2)9-4-5-13(3,7-11(15)16)6-10(9)12(14)17/h8-10H,4-7H2,1-3H3,(H2,14,17)(H,15,16). The van der Waals surface area contributed by atoms with Gasteiger partial charge in [-0.3, -0.25) is 9.59 Å². The third-order valence-corrected chi connectivity index (χ3v) is 4.11. The van der Waals surface area contributed by atoms with E-state index in [4.69, 9.17) is 10.8 Å². The van der Waals surface area contributed by atoms with Crippen LogP contribution in [0.4, 0.5) is 0 Å². The number of carbonyl (C=O) groups excluding carboxylic acids is 1. The van der Waals surface area contributed by atoms with Crippen molar-refractivity contribution in [1.82, 2.24) is 0 Å². The summed E-state index contributed by atoms with van der Waals surface area (Å²) in [4.78, 5) is 22.4. The molecule has 0 bridgehead atoms. The lowest BCUT2D eigenvalue weighted by molar-refractivity contribution is -0.142. The molecule has 4 heteroatoms. The van der Waals surface area contributed by atoms with E-state index in [-0.39, 0.29) is 23.7 Å². The molecule has 1 rings (SSSR count). The fraction of sp³-hybridized carbons (Fsp3) is 0.846. The van der Waals surface area contributed by atoms with Crippen molar-refractivity contribution in [2.75, 3.05) is 0 Å². The quantitative estimate of drug-likeness (QED) is 0.790. The fourth-order valence-electron chi connectivity index (χ4n) is 3.14. The van der Waals surface area contributed by atoms with Gasteiger partial charge in [-0.25, -0.2) is 0 Å². The van der Waals surface area contributed by atoms with Gasteiger partial charge in [0.25, 0.3) is 0 Å². The summed E-state index contributed by atoms with van der Waals surface area (Å²) in [6.45, 7) is 6.15. The van der Waals surface area contributed by atoms with E-state index < -0.39 is 5.97 Å². The molecule has 0 aromatic rings. The first-order valence-corrected chi connectivity index (χ1v) is 6.26. The summed E-state index contributed by atoms with van der Waals surface area (Å²) in [6.07, 6.45) is 2.50. The van der Waals surface area contributed by atoms with Crippen LogP contribution in [0.1, 0.15) is 46.5 Å². The zero-order chi connectivity index (χ0) is 13.2. The van der Waals surface area contributed by atoms with Crippen LogP contribution in [0.25, 0.3) is 0 Å². The van der Waals surface area contributed by atoms with Crippen LogP contribution in [0, 0.1) is 23.2 Å². The molecule has 1 aliphatic rings. The van der Waals surface area contributed by atoms with Gasteiger partial charge in [0.1, 0.15) is 0 Å². The number of carboxylic acids is 1. The molecular weight excluding hydrogens is 218 g/mol. The van der Waals surface area contributed by atoms with E-state index in [1.54, 1.807) is 0 Å². The second-order valence-electron chi connectivity index (χ2n) is 6.04. The van der Waals surface area contributed by atoms with Crippen molar-refractivity contribution < 1.29 is 14.7 Å². The van der Waals surface area contributed by atoms with E-state index >= 15 is 0 Å². The third kappa shape index (κ3) is 3.45. The van der Waals surface area contributed by atoms with Crippen LogP contribution in [0.15, 0.2) is 0 Å². The number of primary amides is 1. The molecule has 17 heavy (non-hydrogen) atoms. The topological polar surface area (TPSA) is 80.4 Å². The van der Waals surface area contributed by atoms with Gasteiger partial charge in [-0.2, -0.15) is 0 Å². The van der Waals surface area contributed by atoms with Crippen LogP contribution in [0.5, 0.6) is 0 Å². The lowest BCUT2D eigenvalue weighted by Gasteiger charge is -2.42. The van der Waals surface area contributed by atoms with Crippen molar-refractivity contribution >= 4 is 11.9 Å². The summed E-state index contributed by atoms with van der Waals surface area (Å²) >= 11 is 0. The largest absolute Gasteiger partial charge is 0.481 e. The molecule has 1 fully saturated rings. The Morgan fingerprint density at radius 1 is 1.47 bits per heavy atom. The second-order valence-corrected chi connectivity index (χ2v) is 6.04. The summed E-state index contributed by atoms with van der Waals surface area (Å²) in [5.74, 6) is -0.525. The van der Waals surface area contributed by atoms with Gasteiger partial charge >= 0.3 is 5.97 Å². The molecule has 3 N–H and O–H groups in total. The van der Waals surface area contributed by atoms with Gasteiger partial charge in [0, 0.05) is 5.92 Å². The molecule has 0 spiro atoms. The van der Waals surface area contributed by atoms with Gasteiger partial charge in [0.15, 0.2) is 0 Å². The molecule has 0 radical (unpaired) electrons. The zero-order valence-corrected chi connectivity index (χ0v) is 10.9. The number of aliphatic carboxylic acids is 1. The highest BCUT2D eigenvalue weighted by molar-refractivity contribution is 5.77. The average molecular weight is 241 g/mol. The van der Waals surface area contributed by atoms with Gasteiger partial charge < -0.3 is 10.8 Å². The molecule has 0 aromatic carbocycles. The predicted molar refractivity (Wildman–Crippen MR) is 65.2 cm³/mol. The van der Waals surface area contributed by atoms with Crippen molar-refractivity contribution in [3.63, 3.8) is 0 Å². The van der Waals surface area contributed by atoms with Crippen LogP contribution in [0.3, 0.4) is 0 Å². The molecule has 0 aromatic heterocycles. The maximum atomic E-state index is 11.5. The molecule has 1 aliphatic carbocycles. The minimum absolute atomic E-state index is 0.127. The molecule has 1 saturated carbocycles. The Morgan fingerprint density at radius 2 is 2.06 bits per heavy atom. The Kier molecular flexibility index (Phi) is 4.17. The highest BCUT2D eigenvalue weighted by Crippen LogP contribution is 2.46. The average Bonchev–Trinajstić information content (AvgIpc) is 2.14. The van der Waals surface area contributed by atoms with Crippen molar-refractivity contribution in [1.29, 1.82) is 0 Å². The van der Waals surface area contributed by atoms with E-state index in [9.17, 15) is 9.59 Å². The van der Waals surface area contributed by atoms with E-state index in [0.717, 1.165) is 12.8 Å². The molecule has 0 heterocycles. The molecule has 0 aliphatic heterocycles. The number of hydrogen-bond donors (Lipinski definition) is 2. The maximum absolute atomic E-state index is 11.5. The maximum Gasteiger partial charge on any atom is 0.303 e. The Balaban J connectivity index is 2.81. The summed E-state index contributed by atoms with van der Waals surface area (Å²) in [5.41, 5.74) is 5.18. The monoisotopic (exact) mass is 241 g/mol. The predicted octanol–water partition coefficient (Wildman–Crippen LogP) is 2.02. The first-order chi connectivity index (χ1) is 7.75. The van der Waals surface area contributed by atoms with Crippen molar-refractivity contribution in [3.05, 3.63) is 0 Å². The molecule has 0 saturated heterocycles. The first-order valence-electron chi connectivity index (χ1n) is 6.26. The van der Waals surface area contributed by atoms with E-state index in [1.807, 2.05) is 6.92 Å². The first kappa shape index (κ1) is 14.0. The SMILES string of the molecule is CC(C)C1CCC(C)(CC(=O)O)CC1C(N)=O. The van der Waals surface area contributed by atoms with E-state index in [1.165, 1.54) is 0 Å². The molecule has 98 valence electrons. The highest BCUT2D eigenvalue weighted by atomic mass is 16.4. The summed E-state index contributed by atoms with van der Waals surface area (Å²) in [7, 11) is 0. The van der Waals surface area contributed by atoms with Gasteiger partial charge in [0.05, 0.1) is 6.42 Å². The van der Waals surface area contributed by atoms with Crippen LogP contribution >= 0.6 is 0 Å². The number of amides is 1. The Bertz CT molecular complexity index is 314. The Hall–Kier alpha value is -1.06. The van der Waals surface area contributed by atoms with Crippen molar-refractivity contribution in [2.45, 2.75) is 46.5 Å². The molecule has 3 atom stereocenters. The number of carboxylic acid groups (broad SMARTS) is 1. The minimum atomic E-state index is -0.793. The number of hydrogen-bond acceptors (Lipinski definition) is 2. The van der Waals surface area contributed by atoms with Gasteiger partial charge in [-0.05, 0) is 36.5 Å². The van der Waals surface area contributed by atoms with Gasteiger partial charge in [0.2, 0.25) is 5.91 Å². The van der Waals surface area contributed by atoms with Crippen molar-refractivity contribution in [3.8, 4) is 0 Å². The molecule has 3 unspecified atom stereocenters. The van der Waals surface area contributed by atoms with Crippen LogP contribution < -0.4 is 5.73 Å².